The summed E-state index contributed by atoms with van der Waals surface area (Å²) in [5.74, 6) is 0.302. The normalized spacial score (nSPS) is 10.7. The number of non-ortho nitro benzene ring substituents is 2. The Labute approximate surface area is 179 Å². The highest BCUT2D eigenvalue weighted by Crippen LogP contribution is 2.28. The van der Waals surface area contributed by atoms with Gasteiger partial charge >= 0.3 is 0 Å². The number of hydrogen-bond donors (Lipinski definition) is 1. The fraction of sp³-hybridized carbons (Fsp3) is 0.0476. The first-order valence-electron chi connectivity index (χ1n) is 9.14. The van der Waals surface area contributed by atoms with E-state index in [9.17, 15) is 25.0 Å². The minimum atomic E-state index is -0.797. The van der Waals surface area contributed by atoms with Crippen LogP contribution in [0.2, 0.25) is 0 Å². The van der Waals surface area contributed by atoms with Gasteiger partial charge in [-0.2, -0.15) is 0 Å². The number of nitro groups is 2. The minimum absolute atomic E-state index is 0.206. The van der Waals surface area contributed by atoms with Crippen LogP contribution in [0.4, 0.5) is 17.1 Å². The van der Waals surface area contributed by atoms with Gasteiger partial charge in [0.1, 0.15) is 11.3 Å². The number of nitro benzene ring substituents is 2. The summed E-state index contributed by atoms with van der Waals surface area (Å²) in [7, 11) is 1.56. The molecule has 1 N–H and O–H groups in total. The molecule has 0 radical (unpaired) electrons. The number of rotatable bonds is 6. The first kappa shape index (κ1) is 20.5. The smallest absolute Gasteiger partial charge is 0.277 e. The second kappa shape index (κ2) is 8.14. The quantitative estimate of drug-likeness (QED) is 0.342. The summed E-state index contributed by atoms with van der Waals surface area (Å²) in [4.78, 5) is 37.3. The van der Waals surface area contributed by atoms with Crippen LogP contribution < -0.4 is 10.1 Å². The monoisotopic (exact) mass is 434 g/mol. The lowest BCUT2D eigenvalue weighted by Gasteiger charge is -2.06. The van der Waals surface area contributed by atoms with Crippen molar-refractivity contribution in [2.24, 2.45) is 0 Å². The van der Waals surface area contributed by atoms with Gasteiger partial charge in [0, 0.05) is 29.4 Å². The third kappa shape index (κ3) is 4.07. The fourth-order valence-electron chi connectivity index (χ4n) is 2.99. The molecule has 0 saturated carbocycles. The number of nitrogens with zero attached hydrogens (tertiary/aromatic N) is 3. The molecule has 0 unspecified atom stereocenters. The topological polar surface area (TPSA) is 151 Å². The molecule has 32 heavy (non-hydrogen) atoms. The molecule has 0 aliphatic rings. The van der Waals surface area contributed by atoms with E-state index in [1.54, 1.807) is 49.6 Å². The standard InChI is InChI=1S/C21H14N4O7/c1-31-17-6-7-19-18(11-17)23-21(32-19)12-2-4-14(5-3-12)22-20(26)13-8-15(24(27)28)10-16(9-13)25(29)30/h2-11H,1H3,(H,22,26). The molecule has 4 rings (SSSR count). The van der Waals surface area contributed by atoms with Crippen molar-refractivity contribution in [3.8, 4) is 17.2 Å². The number of carbonyl (C=O) groups excluding carboxylic acids is 1. The predicted octanol–water partition coefficient (Wildman–Crippen LogP) is 4.57. The van der Waals surface area contributed by atoms with E-state index in [4.69, 9.17) is 9.15 Å². The number of hydrogen-bond acceptors (Lipinski definition) is 8. The molecule has 11 nitrogen and oxygen atoms in total. The van der Waals surface area contributed by atoms with Gasteiger partial charge in [-0.05, 0) is 36.4 Å². The van der Waals surface area contributed by atoms with Gasteiger partial charge in [-0.1, -0.05) is 0 Å². The van der Waals surface area contributed by atoms with E-state index in [1.807, 2.05) is 0 Å². The molecule has 0 atom stereocenters. The number of oxazole rings is 1. The van der Waals surface area contributed by atoms with Gasteiger partial charge in [0.2, 0.25) is 5.89 Å². The largest absolute Gasteiger partial charge is 0.497 e. The lowest BCUT2D eigenvalue weighted by atomic mass is 10.1. The van der Waals surface area contributed by atoms with E-state index < -0.39 is 27.1 Å². The molecular formula is C21H14N4O7. The highest BCUT2D eigenvalue weighted by Gasteiger charge is 2.20. The molecule has 0 aliphatic carbocycles. The zero-order valence-corrected chi connectivity index (χ0v) is 16.5. The Morgan fingerprint density at radius 2 is 1.62 bits per heavy atom. The Bertz CT molecular complexity index is 1330. The summed E-state index contributed by atoms with van der Waals surface area (Å²) in [6.07, 6.45) is 0. The van der Waals surface area contributed by atoms with Crippen LogP contribution in [0.1, 0.15) is 10.4 Å². The molecule has 3 aromatic carbocycles. The Morgan fingerprint density at radius 1 is 0.969 bits per heavy atom. The first-order chi connectivity index (χ1) is 15.3. The molecule has 1 aromatic heterocycles. The van der Waals surface area contributed by atoms with Gasteiger partial charge in [-0.25, -0.2) is 4.98 Å². The van der Waals surface area contributed by atoms with Crippen molar-refractivity contribution in [1.82, 2.24) is 4.98 Å². The maximum absolute atomic E-state index is 12.5. The number of amides is 1. The number of fused-ring (bicyclic) bond motifs is 1. The molecule has 0 aliphatic heterocycles. The number of nitrogens with one attached hydrogen (secondary N) is 1. The van der Waals surface area contributed by atoms with Gasteiger partial charge in [-0.15, -0.1) is 0 Å². The summed E-state index contributed by atoms with van der Waals surface area (Å²) < 4.78 is 10.9. The lowest BCUT2D eigenvalue weighted by molar-refractivity contribution is -0.394. The molecule has 1 heterocycles. The van der Waals surface area contributed by atoms with E-state index in [1.165, 1.54) is 0 Å². The number of aromatic nitrogens is 1. The number of carbonyl (C=O) groups is 1. The van der Waals surface area contributed by atoms with E-state index in [0.29, 0.717) is 34.0 Å². The Kier molecular flexibility index (Phi) is 5.21. The molecular weight excluding hydrogens is 420 g/mol. The second-order valence-corrected chi connectivity index (χ2v) is 6.64. The van der Waals surface area contributed by atoms with Crippen molar-refractivity contribution in [1.29, 1.82) is 0 Å². The van der Waals surface area contributed by atoms with Crippen LogP contribution in [0.25, 0.3) is 22.6 Å². The Hall–Kier alpha value is -4.80. The van der Waals surface area contributed by atoms with E-state index in [-0.39, 0.29) is 5.56 Å². The van der Waals surface area contributed by atoms with Gasteiger partial charge in [-0.3, -0.25) is 25.0 Å². The molecule has 4 aromatic rings. The molecule has 0 bridgehead atoms. The number of anilines is 1. The summed E-state index contributed by atoms with van der Waals surface area (Å²) in [5, 5.41) is 24.6. The number of methoxy groups -OCH3 is 1. The van der Waals surface area contributed by atoms with Crippen LogP contribution >= 0.6 is 0 Å². The molecule has 160 valence electrons. The molecule has 0 fully saturated rings. The second-order valence-electron chi connectivity index (χ2n) is 6.64. The third-order valence-corrected chi connectivity index (χ3v) is 4.57. The zero-order valence-electron chi connectivity index (χ0n) is 16.5. The average molecular weight is 434 g/mol. The van der Waals surface area contributed by atoms with E-state index in [2.05, 4.69) is 10.3 Å². The zero-order chi connectivity index (χ0) is 22.8. The molecule has 0 spiro atoms. The van der Waals surface area contributed by atoms with Crippen LogP contribution in [0, 0.1) is 20.2 Å². The number of ether oxygens (including phenoxy) is 1. The van der Waals surface area contributed by atoms with Crippen molar-refractivity contribution in [2.75, 3.05) is 12.4 Å². The summed E-state index contributed by atoms with van der Waals surface area (Å²) in [6, 6.07) is 14.5. The highest BCUT2D eigenvalue weighted by molar-refractivity contribution is 6.05. The summed E-state index contributed by atoms with van der Waals surface area (Å²) in [5.41, 5.74) is 0.951. The van der Waals surface area contributed by atoms with Crippen LogP contribution in [-0.4, -0.2) is 27.8 Å². The summed E-state index contributed by atoms with van der Waals surface area (Å²) in [6.45, 7) is 0. The lowest BCUT2D eigenvalue weighted by Crippen LogP contribution is -2.12. The Balaban J connectivity index is 1.56. The highest BCUT2D eigenvalue weighted by atomic mass is 16.6. The average Bonchev–Trinajstić information content (AvgIpc) is 3.22. The van der Waals surface area contributed by atoms with Crippen molar-refractivity contribution < 1.29 is 23.8 Å². The Morgan fingerprint density at radius 3 is 2.22 bits per heavy atom. The first-order valence-corrected chi connectivity index (χ1v) is 9.14. The third-order valence-electron chi connectivity index (χ3n) is 4.57. The van der Waals surface area contributed by atoms with Crippen LogP contribution in [0.3, 0.4) is 0 Å². The van der Waals surface area contributed by atoms with Crippen molar-refractivity contribution in [2.45, 2.75) is 0 Å². The molecule has 0 saturated heterocycles. The van der Waals surface area contributed by atoms with Crippen molar-refractivity contribution in [3.63, 3.8) is 0 Å². The van der Waals surface area contributed by atoms with Gasteiger partial charge in [0.25, 0.3) is 17.3 Å². The fourth-order valence-corrected chi connectivity index (χ4v) is 2.99. The molecule has 1 amide bonds. The van der Waals surface area contributed by atoms with Crippen molar-refractivity contribution in [3.05, 3.63) is 86.5 Å². The van der Waals surface area contributed by atoms with Crippen molar-refractivity contribution >= 4 is 34.1 Å². The predicted molar refractivity (Wildman–Crippen MR) is 114 cm³/mol. The summed E-state index contributed by atoms with van der Waals surface area (Å²) >= 11 is 0. The number of benzene rings is 3. The van der Waals surface area contributed by atoms with Crippen LogP contribution in [-0.2, 0) is 0 Å². The van der Waals surface area contributed by atoms with Crippen LogP contribution in [0.15, 0.2) is 65.1 Å². The van der Waals surface area contributed by atoms with Gasteiger partial charge in [0.15, 0.2) is 5.58 Å². The van der Waals surface area contributed by atoms with Gasteiger partial charge < -0.3 is 14.5 Å². The maximum atomic E-state index is 12.5. The SMILES string of the molecule is COc1ccc2oc(-c3ccc(NC(=O)c4cc([N+](=O)[O-])cc([N+](=O)[O-])c4)cc3)nc2c1. The van der Waals surface area contributed by atoms with Crippen LogP contribution in [0.5, 0.6) is 5.75 Å². The maximum Gasteiger partial charge on any atom is 0.277 e. The minimum Gasteiger partial charge on any atom is -0.497 e. The molecule has 11 heteroatoms. The van der Waals surface area contributed by atoms with E-state index >= 15 is 0 Å². The van der Waals surface area contributed by atoms with Gasteiger partial charge in [0.05, 0.1) is 28.6 Å². The van der Waals surface area contributed by atoms with E-state index in [0.717, 1.165) is 18.2 Å².